The molecule has 1 heterocycles. The van der Waals surface area contributed by atoms with Crippen LogP contribution in [0.5, 0.6) is 0 Å². The minimum absolute atomic E-state index is 0.176. The standard InChI is InChI=1S/C15H13ClN2O2S2/c1-10-8-9-12(16)14-13(10)18(2)15(21-14)17-22(19,20)11-6-4-3-5-7-11/h3-9H,1-2H3/b17-15-. The molecule has 0 saturated carbocycles. The predicted molar refractivity (Wildman–Crippen MR) is 89.7 cm³/mol. The Morgan fingerprint density at radius 2 is 1.82 bits per heavy atom. The lowest BCUT2D eigenvalue weighted by Crippen LogP contribution is -2.14. The molecule has 0 unspecified atom stereocenters. The molecule has 7 heteroatoms. The molecule has 0 aliphatic carbocycles. The van der Waals surface area contributed by atoms with Gasteiger partial charge in [-0.05, 0) is 30.7 Å². The van der Waals surface area contributed by atoms with Gasteiger partial charge >= 0.3 is 0 Å². The Balaban J connectivity index is 2.30. The first-order valence-electron chi connectivity index (χ1n) is 6.51. The van der Waals surface area contributed by atoms with E-state index < -0.39 is 10.0 Å². The van der Waals surface area contributed by atoms with Crippen LogP contribution in [-0.2, 0) is 17.1 Å². The highest BCUT2D eigenvalue weighted by atomic mass is 35.5. The van der Waals surface area contributed by atoms with Crippen LogP contribution < -0.4 is 4.80 Å². The summed E-state index contributed by atoms with van der Waals surface area (Å²) < 4.78 is 31.4. The van der Waals surface area contributed by atoms with Gasteiger partial charge in [0, 0.05) is 7.05 Å². The number of hydrogen-bond donors (Lipinski definition) is 0. The van der Waals surface area contributed by atoms with Gasteiger partial charge in [-0.15, -0.1) is 4.40 Å². The van der Waals surface area contributed by atoms with Gasteiger partial charge in [-0.2, -0.15) is 8.42 Å². The Hall–Kier alpha value is -1.63. The van der Waals surface area contributed by atoms with Crippen LogP contribution in [0.4, 0.5) is 0 Å². The van der Waals surface area contributed by atoms with Gasteiger partial charge in [0.2, 0.25) is 4.80 Å². The van der Waals surface area contributed by atoms with Gasteiger partial charge in [0.15, 0.2) is 0 Å². The van der Waals surface area contributed by atoms with E-state index in [1.807, 2.05) is 19.1 Å². The van der Waals surface area contributed by atoms with Crippen molar-refractivity contribution in [3.63, 3.8) is 0 Å². The Kier molecular flexibility index (Phi) is 3.84. The molecule has 0 aliphatic heterocycles. The first kappa shape index (κ1) is 15.3. The summed E-state index contributed by atoms with van der Waals surface area (Å²) in [6.45, 7) is 1.96. The lowest BCUT2D eigenvalue weighted by atomic mass is 10.2. The summed E-state index contributed by atoms with van der Waals surface area (Å²) in [4.78, 5) is 0.574. The molecule has 0 fully saturated rings. The van der Waals surface area contributed by atoms with E-state index in [2.05, 4.69) is 4.40 Å². The van der Waals surface area contributed by atoms with Crippen molar-refractivity contribution in [2.45, 2.75) is 11.8 Å². The van der Waals surface area contributed by atoms with E-state index in [-0.39, 0.29) is 4.90 Å². The molecule has 3 rings (SSSR count). The predicted octanol–water partition coefficient (Wildman–Crippen LogP) is 3.49. The van der Waals surface area contributed by atoms with Gasteiger partial charge in [-0.1, -0.05) is 47.2 Å². The summed E-state index contributed by atoms with van der Waals surface area (Å²) in [5.74, 6) is 0. The van der Waals surface area contributed by atoms with Gasteiger partial charge in [0.05, 0.1) is 20.1 Å². The summed E-state index contributed by atoms with van der Waals surface area (Å²) in [5, 5.41) is 0.597. The molecule has 0 radical (unpaired) electrons. The van der Waals surface area contributed by atoms with Crippen molar-refractivity contribution < 1.29 is 8.42 Å². The molecular weight excluding hydrogens is 340 g/mol. The number of fused-ring (bicyclic) bond motifs is 1. The van der Waals surface area contributed by atoms with Crippen LogP contribution in [0.1, 0.15) is 5.56 Å². The molecule has 0 amide bonds. The first-order chi connectivity index (χ1) is 10.4. The highest BCUT2D eigenvalue weighted by Crippen LogP contribution is 2.28. The number of rotatable bonds is 2. The molecule has 0 spiro atoms. The average Bonchev–Trinajstić information content (AvgIpc) is 2.82. The number of nitrogens with zero attached hydrogens (tertiary/aromatic N) is 2. The maximum atomic E-state index is 12.4. The van der Waals surface area contributed by atoms with Crippen LogP contribution in [-0.4, -0.2) is 13.0 Å². The molecule has 1 aromatic heterocycles. The third-order valence-corrected chi connectivity index (χ3v) is 6.33. The summed E-state index contributed by atoms with van der Waals surface area (Å²) in [5.41, 5.74) is 1.93. The van der Waals surface area contributed by atoms with Crippen LogP contribution >= 0.6 is 22.9 Å². The second-order valence-electron chi connectivity index (χ2n) is 4.87. The molecule has 3 aromatic rings. The number of benzene rings is 2. The fourth-order valence-electron chi connectivity index (χ4n) is 2.24. The quantitative estimate of drug-likeness (QED) is 0.708. The van der Waals surface area contributed by atoms with E-state index in [4.69, 9.17) is 11.6 Å². The van der Waals surface area contributed by atoms with Gasteiger partial charge in [-0.25, -0.2) is 0 Å². The molecule has 0 aliphatic rings. The maximum Gasteiger partial charge on any atom is 0.285 e. The van der Waals surface area contributed by atoms with Crippen LogP contribution in [0.15, 0.2) is 51.8 Å². The van der Waals surface area contributed by atoms with E-state index in [1.54, 1.807) is 29.8 Å². The topological polar surface area (TPSA) is 51.4 Å². The molecular formula is C15H13ClN2O2S2. The molecule has 0 atom stereocenters. The van der Waals surface area contributed by atoms with Crippen LogP contribution in [0.2, 0.25) is 5.02 Å². The highest BCUT2D eigenvalue weighted by molar-refractivity contribution is 7.90. The summed E-state index contributed by atoms with van der Waals surface area (Å²) in [6.07, 6.45) is 0. The normalized spacial score (nSPS) is 13.0. The minimum Gasteiger partial charge on any atom is -0.319 e. The molecule has 0 N–H and O–H groups in total. The lowest BCUT2D eigenvalue weighted by Gasteiger charge is -2.01. The Morgan fingerprint density at radius 3 is 2.45 bits per heavy atom. The number of aromatic nitrogens is 1. The van der Waals surface area contributed by atoms with Crippen molar-refractivity contribution in [1.29, 1.82) is 0 Å². The monoisotopic (exact) mass is 352 g/mol. The summed E-state index contributed by atoms with van der Waals surface area (Å²) in [7, 11) is -1.94. The van der Waals surface area contributed by atoms with Crippen LogP contribution in [0, 0.1) is 6.92 Å². The molecule has 4 nitrogen and oxygen atoms in total. The zero-order valence-corrected chi connectivity index (χ0v) is 14.3. The van der Waals surface area contributed by atoms with Crippen LogP contribution in [0.25, 0.3) is 10.2 Å². The van der Waals surface area contributed by atoms with Crippen molar-refractivity contribution in [3.8, 4) is 0 Å². The van der Waals surface area contributed by atoms with Gasteiger partial charge in [0.1, 0.15) is 0 Å². The summed E-state index contributed by atoms with van der Waals surface area (Å²) in [6, 6.07) is 11.9. The van der Waals surface area contributed by atoms with Crippen LogP contribution in [0.3, 0.4) is 0 Å². The molecule has 0 saturated heterocycles. The van der Waals surface area contributed by atoms with E-state index in [1.165, 1.54) is 23.5 Å². The number of aryl methyl sites for hydroxylation is 2. The smallest absolute Gasteiger partial charge is 0.285 e. The third kappa shape index (κ3) is 2.58. The van der Waals surface area contributed by atoms with Gasteiger partial charge in [0.25, 0.3) is 10.0 Å². The van der Waals surface area contributed by atoms with E-state index in [9.17, 15) is 8.42 Å². The molecule has 114 valence electrons. The highest BCUT2D eigenvalue weighted by Gasteiger charge is 2.14. The fourth-order valence-corrected chi connectivity index (χ4v) is 4.86. The van der Waals surface area contributed by atoms with Gasteiger partial charge in [-0.3, -0.25) is 0 Å². The van der Waals surface area contributed by atoms with E-state index >= 15 is 0 Å². The number of sulfonamides is 1. The molecule has 2 aromatic carbocycles. The Morgan fingerprint density at radius 1 is 1.14 bits per heavy atom. The second kappa shape index (κ2) is 5.53. The fraction of sp³-hybridized carbons (Fsp3) is 0.133. The number of hydrogen-bond acceptors (Lipinski definition) is 3. The van der Waals surface area contributed by atoms with Crippen molar-refractivity contribution in [3.05, 3.63) is 57.9 Å². The minimum atomic E-state index is -3.74. The Labute approximate surface area is 137 Å². The van der Waals surface area contributed by atoms with Crippen molar-refractivity contribution >= 4 is 43.2 Å². The third-order valence-electron chi connectivity index (χ3n) is 3.34. The zero-order valence-electron chi connectivity index (χ0n) is 11.9. The van der Waals surface area contributed by atoms with Gasteiger partial charge < -0.3 is 4.57 Å². The van der Waals surface area contributed by atoms with E-state index in [0.717, 1.165) is 15.8 Å². The van der Waals surface area contributed by atoms with E-state index in [0.29, 0.717) is 9.82 Å². The van der Waals surface area contributed by atoms with Crippen molar-refractivity contribution in [2.75, 3.05) is 0 Å². The number of thiazole rings is 1. The summed E-state index contributed by atoms with van der Waals surface area (Å²) >= 11 is 7.48. The maximum absolute atomic E-state index is 12.4. The zero-order chi connectivity index (χ0) is 15.9. The van der Waals surface area contributed by atoms with Crippen molar-refractivity contribution in [1.82, 2.24) is 4.57 Å². The van der Waals surface area contributed by atoms with Crippen molar-refractivity contribution in [2.24, 2.45) is 11.4 Å². The molecule has 0 bridgehead atoms. The largest absolute Gasteiger partial charge is 0.319 e. The first-order valence-corrected chi connectivity index (χ1v) is 9.14. The average molecular weight is 353 g/mol. The number of halogens is 1. The SMILES string of the molecule is Cc1ccc(Cl)c2s/c(=N\S(=O)(=O)c3ccccc3)n(C)c12. The second-order valence-corrected chi connectivity index (χ2v) is 7.85. The lowest BCUT2D eigenvalue weighted by molar-refractivity contribution is 0.596. The molecule has 22 heavy (non-hydrogen) atoms. The Bertz CT molecular complexity index is 1020.